The van der Waals surface area contributed by atoms with Crippen LogP contribution in [-0.2, 0) is 9.53 Å². The lowest BCUT2D eigenvalue weighted by molar-refractivity contribution is -0.149. The van der Waals surface area contributed by atoms with E-state index in [4.69, 9.17) is 4.74 Å². The Morgan fingerprint density at radius 3 is 2.53 bits per heavy atom. The van der Waals surface area contributed by atoms with Gasteiger partial charge < -0.3 is 10.1 Å². The van der Waals surface area contributed by atoms with Gasteiger partial charge in [0.2, 0.25) is 0 Å². The molecule has 0 spiro atoms. The monoisotopic (exact) mass is 267 g/mol. The highest BCUT2D eigenvalue weighted by atomic mass is 16.5. The molecule has 2 aliphatic rings. The molecule has 3 heteroatoms. The fraction of sp³-hybridized carbons (Fsp3) is 0.938. The van der Waals surface area contributed by atoms with Gasteiger partial charge in [0.05, 0.1) is 12.5 Å². The normalized spacial score (nSPS) is 35.9. The van der Waals surface area contributed by atoms with Gasteiger partial charge in [0.25, 0.3) is 0 Å². The Morgan fingerprint density at radius 1 is 1.11 bits per heavy atom. The molecule has 2 fully saturated rings. The van der Waals surface area contributed by atoms with E-state index in [2.05, 4.69) is 12.2 Å². The summed E-state index contributed by atoms with van der Waals surface area (Å²) < 4.78 is 5.17. The van der Waals surface area contributed by atoms with E-state index in [-0.39, 0.29) is 11.9 Å². The summed E-state index contributed by atoms with van der Waals surface area (Å²) >= 11 is 0. The molecule has 0 aromatic carbocycles. The number of hydrogen-bond donors (Lipinski definition) is 1. The lowest BCUT2D eigenvalue weighted by Gasteiger charge is -2.34. The van der Waals surface area contributed by atoms with Gasteiger partial charge in [0, 0.05) is 12.1 Å². The molecule has 0 radical (unpaired) electrons. The number of rotatable bonds is 4. The maximum absolute atomic E-state index is 11.8. The average molecular weight is 267 g/mol. The fourth-order valence-electron chi connectivity index (χ4n) is 3.58. The highest BCUT2D eigenvalue weighted by Gasteiger charge is 2.30. The number of nitrogens with one attached hydrogen (secondary N) is 1. The van der Waals surface area contributed by atoms with Gasteiger partial charge in [-0.2, -0.15) is 0 Å². The van der Waals surface area contributed by atoms with E-state index < -0.39 is 0 Å². The van der Waals surface area contributed by atoms with E-state index in [1.807, 2.05) is 6.92 Å². The topological polar surface area (TPSA) is 38.3 Å². The molecule has 110 valence electrons. The Labute approximate surface area is 117 Å². The summed E-state index contributed by atoms with van der Waals surface area (Å²) in [7, 11) is 0. The molecule has 2 aliphatic carbocycles. The van der Waals surface area contributed by atoms with Crippen molar-refractivity contribution >= 4 is 5.97 Å². The molecule has 1 N–H and O–H groups in total. The van der Waals surface area contributed by atoms with Crippen LogP contribution in [-0.4, -0.2) is 24.7 Å². The number of ether oxygens (including phenoxy) is 1. The van der Waals surface area contributed by atoms with Crippen molar-refractivity contribution in [3.05, 3.63) is 0 Å². The van der Waals surface area contributed by atoms with Crippen LogP contribution in [0.2, 0.25) is 0 Å². The minimum Gasteiger partial charge on any atom is -0.466 e. The van der Waals surface area contributed by atoms with Crippen molar-refractivity contribution in [1.29, 1.82) is 0 Å². The molecule has 0 saturated heterocycles. The first kappa shape index (κ1) is 14.8. The van der Waals surface area contributed by atoms with Gasteiger partial charge in [-0.3, -0.25) is 4.79 Å². The standard InChI is InChI=1S/C16H29NO2/c1-3-19-16(18)13-5-4-6-15(11-13)17-14-9-7-12(2)8-10-14/h12-15,17H,3-11H2,1-2H3. The second kappa shape index (κ2) is 7.28. The third-order valence-electron chi connectivity index (χ3n) is 4.78. The molecule has 0 heterocycles. The maximum Gasteiger partial charge on any atom is 0.308 e. The maximum atomic E-state index is 11.8. The SMILES string of the molecule is CCOC(=O)C1CCCC(NC2CCC(C)CC2)C1. The van der Waals surface area contributed by atoms with Crippen molar-refractivity contribution in [2.24, 2.45) is 11.8 Å². The molecule has 0 aromatic rings. The summed E-state index contributed by atoms with van der Waals surface area (Å²) in [6, 6.07) is 1.21. The minimum atomic E-state index is 0.0197. The van der Waals surface area contributed by atoms with Crippen LogP contribution >= 0.6 is 0 Å². The Bertz CT molecular complexity index is 284. The summed E-state index contributed by atoms with van der Waals surface area (Å²) in [5.41, 5.74) is 0. The second-order valence-electron chi connectivity index (χ2n) is 6.44. The molecule has 0 aliphatic heterocycles. The number of hydrogen-bond acceptors (Lipinski definition) is 3. The van der Waals surface area contributed by atoms with E-state index in [0.717, 1.165) is 25.2 Å². The van der Waals surface area contributed by atoms with Gasteiger partial charge in [-0.1, -0.05) is 13.3 Å². The van der Waals surface area contributed by atoms with E-state index in [9.17, 15) is 4.79 Å². The average Bonchev–Trinajstić information content (AvgIpc) is 2.42. The summed E-state index contributed by atoms with van der Waals surface area (Å²) in [4.78, 5) is 11.8. The van der Waals surface area contributed by atoms with Crippen LogP contribution in [0, 0.1) is 11.8 Å². The summed E-state index contributed by atoms with van der Waals surface area (Å²) in [5, 5.41) is 3.80. The summed E-state index contributed by atoms with van der Waals surface area (Å²) in [6.45, 7) is 4.75. The molecule has 2 rings (SSSR count). The third kappa shape index (κ3) is 4.48. The lowest BCUT2D eigenvalue weighted by Crippen LogP contribution is -2.43. The van der Waals surface area contributed by atoms with E-state index in [1.165, 1.54) is 32.1 Å². The Balaban J connectivity index is 1.76. The van der Waals surface area contributed by atoms with E-state index in [0.29, 0.717) is 18.7 Å². The van der Waals surface area contributed by atoms with Crippen molar-refractivity contribution in [3.8, 4) is 0 Å². The number of carbonyl (C=O) groups excluding carboxylic acids is 1. The predicted octanol–water partition coefficient (Wildman–Crippen LogP) is 3.28. The highest BCUT2D eigenvalue weighted by molar-refractivity contribution is 5.72. The van der Waals surface area contributed by atoms with Gasteiger partial charge in [-0.15, -0.1) is 0 Å². The molecule has 0 aromatic heterocycles. The van der Waals surface area contributed by atoms with Crippen LogP contribution in [0.3, 0.4) is 0 Å². The molecule has 3 nitrogen and oxygen atoms in total. The van der Waals surface area contributed by atoms with Gasteiger partial charge in [-0.25, -0.2) is 0 Å². The highest BCUT2D eigenvalue weighted by Crippen LogP contribution is 2.28. The van der Waals surface area contributed by atoms with Gasteiger partial charge >= 0.3 is 5.97 Å². The molecule has 2 unspecified atom stereocenters. The van der Waals surface area contributed by atoms with Crippen molar-refractivity contribution in [2.75, 3.05) is 6.61 Å². The first-order chi connectivity index (χ1) is 9.19. The zero-order valence-electron chi connectivity index (χ0n) is 12.5. The summed E-state index contributed by atoms with van der Waals surface area (Å²) in [6.07, 6.45) is 9.69. The Morgan fingerprint density at radius 2 is 1.84 bits per heavy atom. The first-order valence-corrected chi connectivity index (χ1v) is 8.11. The van der Waals surface area contributed by atoms with Crippen molar-refractivity contribution in [1.82, 2.24) is 5.32 Å². The van der Waals surface area contributed by atoms with Crippen LogP contribution in [0.1, 0.15) is 65.2 Å². The van der Waals surface area contributed by atoms with Crippen LogP contribution in [0.15, 0.2) is 0 Å². The predicted molar refractivity (Wildman–Crippen MR) is 76.9 cm³/mol. The van der Waals surface area contributed by atoms with E-state index in [1.54, 1.807) is 0 Å². The third-order valence-corrected chi connectivity index (χ3v) is 4.78. The van der Waals surface area contributed by atoms with Crippen molar-refractivity contribution in [3.63, 3.8) is 0 Å². The molecular weight excluding hydrogens is 238 g/mol. The molecule has 2 saturated carbocycles. The Kier molecular flexibility index (Phi) is 5.68. The lowest BCUT2D eigenvalue weighted by atomic mass is 9.83. The van der Waals surface area contributed by atoms with Crippen LogP contribution in [0.5, 0.6) is 0 Å². The Hall–Kier alpha value is -0.570. The quantitative estimate of drug-likeness (QED) is 0.794. The zero-order valence-corrected chi connectivity index (χ0v) is 12.5. The van der Waals surface area contributed by atoms with Crippen LogP contribution < -0.4 is 5.32 Å². The first-order valence-electron chi connectivity index (χ1n) is 8.11. The largest absolute Gasteiger partial charge is 0.466 e. The van der Waals surface area contributed by atoms with Gasteiger partial charge in [0.1, 0.15) is 0 Å². The molecule has 0 amide bonds. The van der Waals surface area contributed by atoms with Crippen LogP contribution in [0.25, 0.3) is 0 Å². The van der Waals surface area contributed by atoms with Crippen LogP contribution in [0.4, 0.5) is 0 Å². The fourth-order valence-corrected chi connectivity index (χ4v) is 3.58. The van der Waals surface area contributed by atoms with Gasteiger partial charge in [-0.05, 0) is 57.8 Å². The molecular formula is C16H29NO2. The van der Waals surface area contributed by atoms with E-state index >= 15 is 0 Å². The van der Waals surface area contributed by atoms with Gasteiger partial charge in [0.15, 0.2) is 0 Å². The zero-order chi connectivity index (χ0) is 13.7. The molecule has 0 bridgehead atoms. The minimum absolute atomic E-state index is 0.0197. The number of esters is 1. The smallest absolute Gasteiger partial charge is 0.308 e. The number of carbonyl (C=O) groups is 1. The molecule has 19 heavy (non-hydrogen) atoms. The second-order valence-corrected chi connectivity index (χ2v) is 6.44. The molecule has 2 atom stereocenters. The van der Waals surface area contributed by atoms with Crippen molar-refractivity contribution in [2.45, 2.75) is 77.3 Å². The summed E-state index contributed by atoms with van der Waals surface area (Å²) in [5.74, 6) is 1.05. The van der Waals surface area contributed by atoms with Crippen molar-refractivity contribution < 1.29 is 9.53 Å².